The Kier molecular flexibility index (Phi) is 5.67. The van der Waals surface area contributed by atoms with E-state index in [4.69, 9.17) is 0 Å². The molecule has 0 fully saturated rings. The number of halogens is 6. The maximum atomic E-state index is 12.9. The Labute approximate surface area is 119 Å². The largest absolute Gasteiger partial charge is 0.402 e. The van der Waals surface area contributed by atoms with E-state index < -0.39 is 24.3 Å². The molecule has 0 aromatic heterocycles. The van der Waals surface area contributed by atoms with E-state index in [0.29, 0.717) is 6.42 Å². The zero-order chi connectivity index (χ0) is 16.3. The molecule has 0 saturated heterocycles. The van der Waals surface area contributed by atoms with Gasteiger partial charge in [-0.1, -0.05) is 38.1 Å². The number of nitrogens with one attached hydrogen (secondary N) is 1. The summed E-state index contributed by atoms with van der Waals surface area (Å²) in [4.78, 5) is 0. The van der Waals surface area contributed by atoms with Gasteiger partial charge >= 0.3 is 12.4 Å². The second kappa shape index (κ2) is 6.68. The molecule has 1 N–H and O–H groups in total. The van der Waals surface area contributed by atoms with Gasteiger partial charge in [-0.15, -0.1) is 0 Å². The van der Waals surface area contributed by atoms with Crippen LogP contribution < -0.4 is 5.32 Å². The molecule has 0 spiro atoms. The van der Waals surface area contributed by atoms with Crippen molar-refractivity contribution >= 4 is 0 Å². The number of aryl methyl sites for hydroxylation is 1. The van der Waals surface area contributed by atoms with Gasteiger partial charge in [-0.2, -0.15) is 26.3 Å². The highest BCUT2D eigenvalue weighted by atomic mass is 19.4. The number of hydrogen-bond donors (Lipinski definition) is 1. The van der Waals surface area contributed by atoms with Crippen LogP contribution in [0.1, 0.15) is 31.0 Å². The van der Waals surface area contributed by atoms with Crippen molar-refractivity contribution in [3.05, 3.63) is 35.4 Å². The SMILES string of the molecule is CCNC(c1ccc(CC)cc1)C(C(F)(F)F)C(F)(F)F. The number of alkyl halides is 6. The zero-order valence-corrected chi connectivity index (χ0v) is 11.6. The Bertz CT molecular complexity index is 420. The molecule has 0 heterocycles. The van der Waals surface area contributed by atoms with Crippen LogP contribution in [0.25, 0.3) is 0 Å². The normalized spacial score (nSPS) is 14.5. The maximum Gasteiger partial charge on any atom is 0.402 e. The highest BCUT2D eigenvalue weighted by molar-refractivity contribution is 5.26. The smallest absolute Gasteiger partial charge is 0.309 e. The Morgan fingerprint density at radius 1 is 0.905 bits per heavy atom. The minimum Gasteiger partial charge on any atom is -0.309 e. The van der Waals surface area contributed by atoms with Crippen LogP contribution in [-0.4, -0.2) is 18.9 Å². The van der Waals surface area contributed by atoms with E-state index in [0.717, 1.165) is 5.56 Å². The van der Waals surface area contributed by atoms with Gasteiger partial charge in [0.1, 0.15) is 0 Å². The summed E-state index contributed by atoms with van der Waals surface area (Å²) in [6.45, 7) is 3.32. The molecule has 1 rings (SSSR count). The Morgan fingerprint density at radius 2 is 1.38 bits per heavy atom. The molecule has 0 aliphatic rings. The van der Waals surface area contributed by atoms with Crippen molar-refractivity contribution in [3.63, 3.8) is 0 Å². The Hall–Kier alpha value is -1.24. The molecule has 21 heavy (non-hydrogen) atoms. The van der Waals surface area contributed by atoms with E-state index in [1.807, 2.05) is 6.92 Å². The fourth-order valence-corrected chi connectivity index (χ4v) is 2.17. The third-order valence-corrected chi connectivity index (χ3v) is 3.21. The van der Waals surface area contributed by atoms with Gasteiger partial charge in [-0.05, 0) is 24.1 Å². The second-order valence-corrected chi connectivity index (χ2v) is 4.69. The van der Waals surface area contributed by atoms with Crippen LogP contribution in [0.2, 0.25) is 0 Å². The first kappa shape index (κ1) is 17.8. The number of hydrogen-bond acceptors (Lipinski definition) is 1. The van der Waals surface area contributed by atoms with E-state index in [-0.39, 0.29) is 12.1 Å². The van der Waals surface area contributed by atoms with Gasteiger partial charge < -0.3 is 5.32 Å². The number of rotatable bonds is 5. The zero-order valence-electron chi connectivity index (χ0n) is 11.6. The van der Waals surface area contributed by atoms with Crippen LogP contribution in [0.3, 0.4) is 0 Å². The minimum atomic E-state index is -5.37. The monoisotopic (exact) mass is 313 g/mol. The molecule has 0 aliphatic heterocycles. The van der Waals surface area contributed by atoms with E-state index in [9.17, 15) is 26.3 Å². The predicted molar refractivity (Wildman–Crippen MR) is 67.8 cm³/mol. The summed E-state index contributed by atoms with van der Waals surface area (Å²) in [5.41, 5.74) is 0.832. The average Bonchev–Trinajstić information content (AvgIpc) is 2.35. The lowest BCUT2D eigenvalue weighted by molar-refractivity contribution is -0.292. The lowest BCUT2D eigenvalue weighted by Gasteiger charge is -2.31. The second-order valence-electron chi connectivity index (χ2n) is 4.69. The fourth-order valence-electron chi connectivity index (χ4n) is 2.17. The molecule has 1 aromatic rings. The van der Waals surface area contributed by atoms with E-state index >= 15 is 0 Å². The first-order valence-electron chi connectivity index (χ1n) is 6.56. The molecule has 120 valence electrons. The molecule has 1 aromatic carbocycles. The Morgan fingerprint density at radius 3 is 1.71 bits per heavy atom. The van der Waals surface area contributed by atoms with Crippen LogP contribution in [-0.2, 0) is 6.42 Å². The summed E-state index contributed by atoms with van der Waals surface area (Å²) in [6, 6.07) is 3.88. The molecule has 7 heteroatoms. The fraction of sp³-hybridized carbons (Fsp3) is 0.571. The van der Waals surface area contributed by atoms with Crippen molar-refractivity contribution in [3.8, 4) is 0 Å². The van der Waals surface area contributed by atoms with Gasteiger partial charge in [-0.3, -0.25) is 0 Å². The van der Waals surface area contributed by atoms with Gasteiger partial charge in [-0.25, -0.2) is 0 Å². The lowest BCUT2D eigenvalue weighted by atomic mass is 9.91. The van der Waals surface area contributed by atoms with Gasteiger partial charge in [0.25, 0.3) is 0 Å². The highest BCUT2D eigenvalue weighted by Crippen LogP contribution is 2.46. The van der Waals surface area contributed by atoms with Gasteiger partial charge in [0.15, 0.2) is 5.92 Å². The molecule has 0 amide bonds. The molecule has 0 saturated carbocycles. The van der Waals surface area contributed by atoms with Crippen LogP contribution in [0.4, 0.5) is 26.3 Å². The van der Waals surface area contributed by atoms with Crippen LogP contribution >= 0.6 is 0 Å². The molecule has 0 radical (unpaired) electrons. The van der Waals surface area contributed by atoms with Crippen molar-refractivity contribution < 1.29 is 26.3 Å². The van der Waals surface area contributed by atoms with Gasteiger partial charge in [0.05, 0.1) is 6.04 Å². The molecule has 1 nitrogen and oxygen atoms in total. The van der Waals surface area contributed by atoms with E-state index in [2.05, 4.69) is 5.32 Å². The first-order valence-corrected chi connectivity index (χ1v) is 6.56. The lowest BCUT2D eigenvalue weighted by Crippen LogP contribution is -2.45. The average molecular weight is 313 g/mol. The Balaban J connectivity index is 3.23. The molecule has 0 aliphatic carbocycles. The molecule has 1 unspecified atom stereocenters. The summed E-state index contributed by atoms with van der Waals surface area (Å²) in [5.74, 6) is -3.43. The summed E-state index contributed by atoms with van der Waals surface area (Å²) in [7, 11) is 0. The van der Waals surface area contributed by atoms with E-state index in [1.165, 1.54) is 19.1 Å². The third-order valence-electron chi connectivity index (χ3n) is 3.21. The molecule has 0 bridgehead atoms. The minimum absolute atomic E-state index is 0.00283. The van der Waals surface area contributed by atoms with Crippen LogP contribution in [0, 0.1) is 5.92 Å². The van der Waals surface area contributed by atoms with Gasteiger partial charge in [0.2, 0.25) is 0 Å². The topological polar surface area (TPSA) is 12.0 Å². The third kappa shape index (κ3) is 4.62. The van der Waals surface area contributed by atoms with Crippen molar-refractivity contribution in [2.75, 3.05) is 6.54 Å². The summed E-state index contributed by atoms with van der Waals surface area (Å²) < 4.78 is 77.2. The molecule has 1 atom stereocenters. The summed E-state index contributed by atoms with van der Waals surface area (Å²) in [5, 5.41) is 2.31. The van der Waals surface area contributed by atoms with Crippen molar-refractivity contribution in [2.45, 2.75) is 38.7 Å². The van der Waals surface area contributed by atoms with Crippen molar-refractivity contribution in [1.29, 1.82) is 0 Å². The number of benzene rings is 1. The van der Waals surface area contributed by atoms with Crippen molar-refractivity contribution in [2.24, 2.45) is 5.92 Å². The molecular weight excluding hydrogens is 296 g/mol. The summed E-state index contributed by atoms with van der Waals surface area (Å²) in [6.07, 6.45) is -10.1. The highest BCUT2D eigenvalue weighted by Gasteiger charge is 2.60. The van der Waals surface area contributed by atoms with Gasteiger partial charge in [0, 0.05) is 0 Å². The quantitative estimate of drug-likeness (QED) is 0.781. The predicted octanol–water partition coefficient (Wildman–Crippen LogP) is 4.64. The van der Waals surface area contributed by atoms with E-state index in [1.54, 1.807) is 12.1 Å². The van der Waals surface area contributed by atoms with Crippen LogP contribution in [0.15, 0.2) is 24.3 Å². The summed E-state index contributed by atoms with van der Waals surface area (Å²) >= 11 is 0. The van der Waals surface area contributed by atoms with Crippen molar-refractivity contribution in [1.82, 2.24) is 5.32 Å². The molecular formula is C14H17F6N. The van der Waals surface area contributed by atoms with Crippen LogP contribution in [0.5, 0.6) is 0 Å². The first-order chi connectivity index (χ1) is 9.61. The standard InChI is InChI=1S/C14H17F6N/c1-3-9-5-7-10(8-6-9)11(21-4-2)12(13(15,16)17)14(18,19)20/h5-8,11-12,21H,3-4H2,1-2H3. The maximum absolute atomic E-state index is 12.9.